The van der Waals surface area contributed by atoms with Gasteiger partial charge in [0.15, 0.2) is 31.0 Å². The van der Waals surface area contributed by atoms with Gasteiger partial charge in [0, 0.05) is 0 Å². The van der Waals surface area contributed by atoms with E-state index in [-0.39, 0.29) is 0 Å². The van der Waals surface area contributed by atoms with Crippen molar-refractivity contribution in [3.63, 3.8) is 0 Å². The molecule has 2 saturated heterocycles. The molecule has 2 aliphatic heterocycles. The second-order valence-electron chi connectivity index (χ2n) is 4.90. The molecule has 0 aliphatic carbocycles. The molecule has 8 heteroatoms. The molecule has 2 fully saturated rings. The molecule has 2 aliphatic rings. The van der Waals surface area contributed by atoms with Gasteiger partial charge in [-0.3, -0.25) is 0 Å². The molecule has 2 rings (SSSR count). The van der Waals surface area contributed by atoms with Gasteiger partial charge >= 0.3 is 5.97 Å². The minimum absolute atomic E-state index is 0.488. The van der Waals surface area contributed by atoms with E-state index in [9.17, 15) is 14.3 Å². The highest BCUT2D eigenvalue weighted by Gasteiger charge is 2.55. The van der Waals surface area contributed by atoms with E-state index in [1.807, 2.05) is 0 Å². The molecule has 0 bridgehead atoms. The van der Waals surface area contributed by atoms with Gasteiger partial charge in [-0.1, -0.05) is 0 Å². The summed E-state index contributed by atoms with van der Waals surface area (Å²) in [4.78, 5) is 11.1. The minimum atomic E-state index is -1.32. The fourth-order valence-corrected chi connectivity index (χ4v) is 2.21. The number of esters is 1. The number of aliphatic hydroxyl groups excluding tert-OH is 2. The number of hydrogen-bond donors (Lipinski definition) is 2. The maximum absolute atomic E-state index is 12.2. The number of fused-ring (bicyclic) bond motifs is 1. The maximum atomic E-state index is 12.2. The van der Waals surface area contributed by atoms with Gasteiger partial charge < -0.3 is 29.2 Å². The summed E-state index contributed by atoms with van der Waals surface area (Å²) in [5.41, 5.74) is 0. The number of alkyl halides is 1. The van der Waals surface area contributed by atoms with Crippen molar-refractivity contribution < 1.29 is 38.3 Å². The normalized spacial score (nSPS) is 40.8. The standard InChI is InChI=1S/C11H17FO7/c1-11(2)18-9-8(17-6(14)3-12)7(15)5(4-13)16-10(9)19-11/h5,7-10,13,15H,3-4H2,1-2H3/t5-,7+,8+,9+,10+/m0/s1. The summed E-state index contributed by atoms with van der Waals surface area (Å²) in [5, 5.41) is 19.1. The van der Waals surface area contributed by atoms with Crippen LogP contribution in [0.15, 0.2) is 0 Å². The van der Waals surface area contributed by atoms with Crippen molar-refractivity contribution in [2.24, 2.45) is 0 Å². The lowest BCUT2D eigenvalue weighted by atomic mass is 9.99. The fraction of sp³-hybridized carbons (Fsp3) is 0.909. The number of aliphatic hydroxyl groups is 2. The van der Waals surface area contributed by atoms with Gasteiger partial charge in [0.05, 0.1) is 6.61 Å². The number of carbonyl (C=O) groups excluding carboxylic acids is 1. The Labute approximate surface area is 109 Å². The molecule has 0 unspecified atom stereocenters. The monoisotopic (exact) mass is 280 g/mol. The molecule has 0 aromatic heterocycles. The first-order chi connectivity index (χ1) is 8.88. The summed E-state index contributed by atoms with van der Waals surface area (Å²) in [6, 6.07) is 0. The summed E-state index contributed by atoms with van der Waals surface area (Å²) in [5.74, 6) is -2.10. The summed E-state index contributed by atoms with van der Waals surface area (Å²) in [7, 11) is 0. The zero-order chi connectivity index (χ0) is 14.2. The van der Waals surface area contributed by atoms with Crippen LogP contribution >= 0.6 is 0 Å². The molecule has 0 aromatic rings. The Kier molecular flexibility index (Phi) is 4.07. The highest BCUT2D eigenvalue weighted by molar-refractivity contribution is 5.70. The predicted octanol–water partition coefficient (Wildman–Crippen LogP) is -0.903. The van der Waals surface area contributed by atoms with E-state index in [2.05, 4.69) is 0 Å². The van der Waals surface area contributed by atoms with Crippen molar-refractivity contribution in [2.45, 2.75) is 50.3 Å². The Balaban J connectivity index is 2.18. The smallest absolute Gasteiger partial charge is 0.338 e. The molecule has 19 heavy (non-hydrogen) atoms. The van der Waals surface area contributed by atoms with Gasteiger partial charge in [0.2, 0.25) is 0 Å². The molecule has 0 amide bonds. The first-order valence-corrected chi connectivity index (χ1v) is 5.93. The molecular weight excluding hydrogens is 263 g/mol. The summed E-state index contributed by atoms with van der Waals surface area (Å²) in [6.07, 6.45) is -5.23. The topological polar surface area (TPSA) is 94.5 Å². The highest BCUT2D eigenvalue weighted by Crippen LogP contribution is 2.37. The van der Waals surface area contributed by atoms with E-state index < -0.39 is 55.7 Å². The molecule has 5 atom stereocenters. The van der Waals surface area contributed by atoms with E-state index in [4.69, 9.17) is 24.1 Å². The summed E-state index contributed by atoms with van der Waals surface area (Å²) >= 11 is 0. The van der Waals surface area contributed by atoms with E-state index in [1.165, 1.54) is 0 Å². The molecule has 110 valence electrons. The minimum Gasteiger partial charge on any atom is -0.455 e. The van der Waals surface area contributed by atoms with Crippen LogP contribution in [0.25, 0.3) is 0 Å². The van der Waals surface area contributed by atoms with Crippen LogP contribution in [0.5, 0.6) is 0 Å². The highest BCUT2D eigenvalue weighted by atomic mass is 19.1. The van der Waals surface area contributed by atoms with Gasteiger partial charge in [0.1, 0.15) is 12.2 Å². The number of ether oxygens (including phenoxy) is 4. The molecule has 0 aromatic carbocycles. The average Bonchev–Trinajstić information content (AvgIpc) is 2.66. The number of hydrogen-bond acceptors (Lipinski definition) is 7. The van der Waals surface area contributed by atoms with E-state index in [0.717, 1.165) is 0 Å². The van der Waals surface area contributed by atoms with Crippen molar-refractivity contribution in [3.05, 3.63) is 0 Å². The van der Waals surface area contributed by atoms with Crippen LogP contribution in [0.4, 0.5) is 4.39 Å². The fourth-order valence-electron chi connectivity index (χ4n) is 2.21. The lowest BCUT2D eigenvalue weighted by molar-refractivity contribution is -0.261. The van der Waals surface area contributed by atoms with E-state index in [1.54, 1.807) is 13.8 Å². The Morgan fingerprint density at radius 2 is 2.11 bits per heavy atom. The van der Waals surface area contributed by atoms with E-state index >= 15 is 0 Å². The second-order valence-corrected chi connectivity index (χ2v) is 4.90. The van der Waals surface area contributed by atoms with Crippen molar-refractivity contribution in [3.8, 4) is 0 Å². The Bertz CT molecular complexity index is 348. The van der Waals surface area contributed by atoms with Crippen molar-refractivity contribution >= 4 is 5.97 Å². The van der Waals surface area contributed by atoms with Crippen LogP contribution in [-0.2, 0) is 23.7 Å². The third kappa shape index (κ3) is 2.87. The second kappa shape index (κ2) is 5.29. The largest absolute Gasteiger partial charge is 0.455 e. The van der Waals surface area contributed by atoms with Crippen LogP contribution in [0.3, 0.4) is 0 Å². The Hall–Kier alpha value is -0.800. The first-order valence-electron chi connectivity index (χ1n) is 5.93. The van der Waals surface area contributed by atoms with Crippen molar-refractivity contribution in [2.75, 3.05) is 13.3 Å². The zero-order valence-electron chi connectivity index (χ0n) is 10.6. The SMILES string of the molecule is CC1(C)O[C@H]2O[C@@H](CO)[C@@H](O)[C@@H](OC(=O)CF)[C@H]2O1. The lowest BCUT2D eigenvalue weighted by Crippen LogP contribution is -2.59. The van der Waals surface area contributed by atoms with Gasteiger partial charge in [-0.15, -0.1) is 0 Å². The summed E-state index contributed by atoms with van der Waals surface area (Å²) < 4.78 is 33.3. The molecular formula is C11H17FO7. The average molecular weight is 280 g/mol. The predicted molar refractivity (Wildman–Crippen MR) is 57.6 cm³/mol. The molecule has 2 heterocycles. The van der Waals surface area contributed by atoms with Gasteiger partial charge in [0.25, 0.3) is 0 Å². The first kappa shape index (κ1) is 14.6. The van der Waals surface area contributed by atoms with Crippen LogP contribution in [0.1, 0.15) is 13.8 Å². The van der Waals surface area contributed by atoms with Crippen LogP contribution in [-0.4, -0.2) is 66.0 Å². The van der Waals surface area contributed by atoms with E-state index in [0.29, 0.717) is 0 Å². The summed E-state index contributed by atoms with van der Waals surface area (Å²) in [6.45, 7) is 1.46. The Morgan fingerprint density at radius 1 is 1.42 bits per heavy atom. The molecule has 0 saturated carbocycles. The number of carbonyl (C=O) groups is 1. The third-order valence-corrected chi connectivity index (χ3v) is 2.99. The molecule has 2 N–H and O–H groups in total. The molecule has 0 spiro atoms. The Morgan fingerprint density at radius 3 is 2.68 bits per heavy atom. The third-order valence-electron chi connectivity index (χ3n) is 2.99. The lowest BCUT2D eigenvalue weighted by Gasteiger charge is -2.38. The quantitative estimate of drug-likeness (QED) is 0.647. The zero-order valence-corrected chi connectivity index (χ0v) is 10.6. The van der Waals surface area contributed by atoms with Crippen LogP contribution < -0.4 is 0 Å². The van der Waals surface area contributed by atoms with Gasteiger partial charge in [-0.05, 0) is 13.8 Å². The van der Waals surface area contributed by atoms with Crippen molar-refractivity contribution in [1.82, 2.24) is 0 Å². The molecule has 0 radical (unpaired) electrons. The van der Waals surface area contributed by atoms with Crippen LogP contribution in [0.2, 0.25) is 0 Å². The van der Waals surface area contributed by atoms with Gasteiger partial charge in [-0.2, -0.15) is 0 Å². The maximum Gasteiger partial charge on any atom is 0.338 e. The number of rotatable bonds is 3. The van der Waals surface area contributed by atoms with Crippen LogP contribution in [0, 0.1) is 0 Å². The molecule has 7 nitrogen and oxygen atoms in total. The number of halogens is 1. The van der Waals surface area contributed by atoms with Crippen molar-refractivity contribution in [1.29, 1.82) is 0 Å². The van der Waals surface area contributed by atoms with Gasteiger partial charge in [-0.25, -0.2) is 9.18 Å².